The van der Waals surface area contributed by atoms with E-state index in [1.807, 2.05) is 6.92 Å². The third-order valence-electron chi connectivity index (χ3n) is 5.13. The minimum absolute atomic E-state index is 0.0372. The van der Waals surface area contributed by atoms with Crippen LogP contribution in [0.2, 0.25) is 17.1 Å². The fourth-order valence-corrected chi connectivity index (χ4v) is 7.16. The van der Waals surface area contributed by atoms with Crippen LogP contribution in [0.15, 0.2) is 0 Å². The van der Waals surface area contributed by atoms with Gasteiger partial charge in [0.2, 0.25) is 0 Å². The molecule has 0 unspecified atom stereocenters. The molecule has 1 aliphatic rings. The average molecular weight is 315 g/mol. The van der Waals surface area contributed by atoms with Crippen molar-refractivity contribution < 1.29 is 14.0 Å². The fraction of sp³-hybridized carbons (Fsp3) is 0.941. The van der Waals surface area contributed by atoms with Crippen molar-refractivity contribution in [2.45, 2.75) is 90.0 Å². The van der Waals surface area contributed by atoms with Crippen LogP contribution in [0.5, 0.6) is 0 Å². The van der Waals surface area contributed by atoms with Crippen molar-refractivity contribution in [3.63, 3.8) is 0 Å². The van der Waals surface area contributed by atoms with E-state index in [1.54, 1.807) is 0 Å². The SMILES string of the molecule is CCCCC[C@H](O[Si]1(C(C)(C)C)CCC1)[C@@H](C)C(=O)OC. The Balaban J connectivity index is 2.78. The highest BCUT2D eigenvalue weighted by Gasteiger charge is 2.53. The molecule has 1 fully saturated rings. The van der Waals surface area contributed by atoms with E-state index in [-0.39, 0.29) is 23.0 Å². The molecule has 0 saturated carbocycles. The number of methoxy groups -OCH3 is 1. The van der Waals surface area contributed by atoms with Gasteiger partial charge in [-0.3, -0.25) is 4.79 Å². The van der Waals surface area contributed by atoms with Crippen LogP contribution < -0.4 is 0 Å². The zero-order valence-electron chi connectivity index (χ0n) is 14.8. The van der Waals surface area contributed by atoms with Gasteiger partial charge in [0.1, 0.15) is 0 Å². The Morgan fingerprint density at radius 1 is 1.24 bits per heavy atom. The number of hydrogen-bond acceptors (Lipinski definition) is 3. The largest absolute Gasteiger partial charge is 0.469 e. The van der Waals surface area contributed by atoms with Gasteiger partial charge >= 0.3 is 5.97 Å². The molecule has 0 amide bonds. The lowest BCUT2D eigenvalue weighted by Gasteiger charge is -2.51. The van der Waals surface area contributed by atoms with Gasteiger partial charge in [0.25, 0.3) is 0 Å². The molecule has 2 atom stereocenters. The van der Waals surface area contributed by atoms with Crippen LogP contribution in [0.25, 0.3) is 0 Å². The molecule has 124 valence electrons. The molecule has 0 radical (unpaired) electrons. The second kappa shape index (κ2) is 7.77. The normalized spacial score (nSPS) is 20.5. The number of carbonyl (C=O) groups is 1. The minimum Gasteiger partial charge on any atom is -0.469 e. The minimum atomic E-state index is -1.70. The zero-order chi connectivity index (χ0) is 16.1. The molecule has 0 spiro atoms. The summed E-state index contributed by atoms with van der Waals surface area (Å²) >= 11 is 0. The highest BCUT2D eigenvalue weighted by atomic mass is 28.4. The Labute approximate surface area is 131 Å². The summed E-state index contributed by atoms with van der Waals surface area (Å²) in [4.78, 5) is 11.9. The number of carbonyl (C=O) groups excluding carboxylic acids is 1. The lowest BCUT2D eigenvalue weighted by atomic mass is 9.99. The highest BCUT2D eigenvalue weighted by Crippen LogP contribution is 2.51. The van der Waals surface area contributed by atoms with Crippen molar-refractivity contribution >= 4 is 14.3 Å². The molecule has 1 rings (SSSR count). The van der Waals surface area contributed by atoms with Gasteiger partial charge in [-0.2, -0.15) is 0 Å². The highest BCUT2D eigenvalue weighted by molar-refractivity contribution is 6.79. The molecule has 0 aliphatic carbocycles. The Hall–Kier alpha value is -0.353. The molecule has 0 aromatic rings. The molecular formula is C17H34O3Si. The first-order valence-electron chi connectivity index (χ1n) is 8.53. The van der Waals surface area contributed by atoms with Gasteiger partial charge in [0, 0.05) is 0 Å². The predicted octanol–water partition coefficient (Wildman–Crippen LogP) is 4.91. The van der Waals surface area contributed by atoms with E-state index in [4.69, 9.17) is 9.16 Å². The van der Waals surface area contributed by atoms with E-state index in [9.17, 15) is 4.79 Å². The van der Waals surface area contributed by atoms with Crippen LogP contribution in [-0.4, -0.2) is 27.5 Å². The number of hydrogen-bond donors (Lipinski definition) is 0. The van der Waals surface area contributed by atoms with Crippen LogP contribution in [0.3, 0.4) is 0 Å². The predicted molar refractivity (Wildman–Crippen MR) is 89.9 cm³/mol. The van der Waals surface area contributed by atoms with Crippen LogP contribution in [-0.2, 0) is 14.0 Å². The fourth-order valence-electron chi connectivity index (χ4n) is 3.18. The van der Waals surface area contributed by atoms with Crippen LogP contribution in [0, 0.1) is 5.92 Å². The topological polar surface area (TPSA) is 35.5 Å². The molecule has 1 saturated heterocycles. The summed E-state index contributed by atoms with van der Waals surface area (Å²) in [5, 5.41) is 0.254. The Morgan fingerprint density at radius 3 is 2.24 bits per heavy atom. The molecule has 4 heteroatoms. The molecular weight excluding hydrogens is 280 g/mol. The summed E-state index contributed by atoms with van der Waals surface area (Å²) in [6, 6.07) is 2.49. The number of unbranched alkanes of at least 4 members (excludes halogenated alkanes) is 2. The molecule has 0 N–H and O–H groups in total. The monoisotopic (exact) mass is 314 g/mol. The Bertz CT molecular complexity index is 331. The third kappa shape index (κ3) is 4.56. The number of ether oxygens (including phenoxy) is 1. The molecule has 1 aliphatic heterocycles. The van der Waals surface area contributed by atoms with E-state index < -0.39 is 8.32 Å². The maximum atomic E-state index is 11.9. The summed E-state index contributed by atoms with van der Waals surface area (Å²) in [6.45, 7) is 11.1. The molecule has 0 aromatic carbocycles. The first-order chi connectivity index (χ1) is 9.77. The summed E-state index contributed by atoms with van der Waals surface area (Å²) in [5.41, 5.74) is 0. The van der Waals surface area contributed by atoms with Crippen LogP contribution in [0.4, 0.5) is 0 Å². The lowest BCUT2D eigenvalue weighted by Crippen LogP contribution is -2.56. The average Bonchev–Trinajstić information content (AvgIpc) is 2.37. The Morgan fingerprint density at radius 2 is 1.86 bits per heavy atom. The molecule has 0 bridgehead atoms. The second-order valence-electron chi connectivity index (χ2n) is 7.56. The van der Waals surface area contributed by atoms with E-state index in [1.165, 1.54) is 38.5 Å². The summed E-state index contributed by atoms with van der Waals surface area (Å²) in [7, 11) is -0.222. The second-order valence-corrected chi connectivity index (χ2v) is 12.3. The quantitative estimate of drug-likeness (QED) is 0.363. The van der Waals surface area contributed by atoms with Gasteiger partial charge in [-0.1, -0.05) is 53.4 Å². The van der Waals surface area contributed by atoms with E-state index in [0.717, 1.165) is 12.8 Å². The summed E-state index contributed by atoms with van der Waals surface area (Å²) < 4.78 is 11.7. The zero-order valence-corrected chi connectivity index (χ0v) is 15.8. The molecule has 0 aromatic heterocycles. The summed E-state index contributed by atoms with van der Waals surface area (Å²) in [6.07, 6.45) is 5.85. The van der Waals surface area contributed by atoms with Gasteiger partial charge < -0.3 is 9.16 Å². The maximum Gasteiger partial charge on any atom is 0.310 e. The smallest absolute Gasteiger partial charge is 0.310 e. The molecule has 3 nitrogen and oxygen atoms in total. The van der Waals surface area contributed by atoms with Gasteiger partial charge in [0.15, 0.2) is 8.32 Å². The van der Waals surface area contributed by atoms with E-state index in [2.05, 4.69) is 27.7 Å². The van der Waals surface area contributed by atoms with E-state index >= 15 is 0 Å². The molecule has 1 heterocycles. The van der Waals surface area contributed by atoms with Gasteiger partial charge in [-0.05, 0) is 30.5 Å². The van der Waals surface area contributed by atoms with Crippen molar-refractivity contribution in [1.82, 2.24) is 0 Å². The third-order valence-corrected chi connectivity index (χ3v) is 10.9. The molecule has 21 heavy (non-hydrogen) atoms. The number of esters is 1. The standard InChI is InChI=1S/C17H34O3Si/c1-7-8-9-11-15(14(2)16(18)19-6)20-21(12-10-13-21)17(3,4)5/h14-15H,7-13H2,1-6H3/t14-,15+/m1/s1. The van der Waals surface area contributed by atoms with Crippen LogP contribution >= 0.6 is 0 Å². The first kappa shape index (κ1) is 18.7. The van der Waals surface area contributed by atoms with Crippen molar-refractivity contribution in [2.24, 2.45) is 5.92 Å². The summed E-state index contributed by atoms with van der Waals surface area (Å²) in [5.74, 6) is -0.284. The maximum absolute atomic E-state index is 11.9. The lowest BCUT2D eigenvalue weighted by molar-refractivity contribution is -0.148. The Kier molecular flexibility index (Phi) is 6.92. The first-order valence-corrected chi connectivity index (χ1v) is 10.9. The number of rotatable bonds is 8. The van der Waals surface area contributed by atoms with Gasteiger partial charge in [0.05, 0.1) is 19.1 Å². The van der Waals surface area contributed by atoms with E-state index in [0.29, 0.717) is 0 Å². The van der Waals surface area contributed by atoms with Crippen molar-refractivity contribution in [1.29, 1.82) is 0 Å². The van der Waals surface area contributed by atoms with Crippen LogP contribution in [0.1, 0.15) is 66.7 Å². The van der Waals surface area contributed by atoms with Crippen molar-refractivity contribution in [3.05, 3.63) is 0 Å². The van der Waals surface area contributed by atoms with Crippen molar-refractivity contribution in [3.8, 4) is 0 Å². The van der Waals surface area contributed by atoms with Gasteiger partial charge in [-0.15, -0.1) is 0 Å². The van der Waals surface area contributed by atoms with Crippen molar-refractivity contribution in [2.75, 3.05) is 7.11 Å². The van der Waals surface area contributed by atoms with Gasteiger partial charge in [-0.25, -0.2) is 0 Å².